The first kappa shape index (κ1) is 12.7. The minimum Gasteiger partial charge on any atom is -0.333 e. The van der Waals surface area contributed by atoms with E-state index in [0.29, 0.717) is 0 Å². The van der Waals surface area contributed by atoms with Crippen molar-refractivity contribution < 1.29 is 4.79 Å². The summed E-state index contributed by atoms with van der Waals surface area (Å²) in [6.45, 7) is 7.01. The average Bonchev–Trinajstić information content (AvgIpc) is 2.76. The van der Waals surface area contributed by atoms with Gasteiger partial charge in [0.05, 0.1) is 0 Å². The molecule has 1 N–H and O–H groups in total. The molecule has 0 aromatic rings. The highest BCUT2D eigenvalue weighted by Crippen LogP contribution is 2.48. The van der Waals surface area contributed by atoms with E-state index in [0.717, 1.165) is 24.3 Å². The van der Waals surface area contributed by atoms with Crippen LogP contribution >= 0.6 is 0 Å². The van der Waals surface area contributed by atoms with Crippen molar-refractivity contribution in [2.45, 2.75) is 52.0 Å². The summed E-state index contributed by atoms with van der Waals surface area (Å²) in [4.78, 5) is 13.8. The SMILES string of the molecule is CN(CC1CC2CCC1C2)C(=O)NC(C)(C)C. The molecule has 2 saturated carbocycles. The van der Waals surface area contributed by atoms with Gasteiger partial charge in [0.15, 0.2) is 0 Å². The maximum Gasteiger partial charge on any atom is 0.317 e. The molecule has 2 aliphatic rings. The third-order valence-corrected chi connectivity index (χ3v) is 4.22. The summed E-state index contributed by atoms with van der Waals surface area (Å²) in [7, 11) is 1.92. The highest BCUT2D eigenvalue weighted by Gasteiger charge is 2.40. The van der Waals surface area contributed by atoms with Crippen LogP contribution in [0.25, 0.3) is 0 Å². The Hall–Kier alpha value is -0.730. The van der Waals surface area contributed by atoms with Gasteiger partial charge in [-0.15, -0.1) is 0 Å². The van der Waals surface area contributed by atoms with Gasteiger partial charge in [-0.3, -0.25) is 0 Å². The van der Waals surface area contributed by atoms with Gasteiger partial charge < -0.3 is 10.2 Å². The molecule has 0 heterocycles. The number of carbonyl (C=O) groups is 1. The maximum atomic E-state index is 12.0. The molecule has 2 fully saturated rings. The Morgan fingerprint density at radius 3 is 2.47 bits per heavy atom. The molecule has 3 nitrogen and oxygen atoms in total. The van der Waals surface area contributed by atoms with Gasteiger partial charge in [-0.1, -0.05) is 6.42 Å². The van der Waals surface area contributed by atoms with E-state index in [1.807, 2.05) is 32.7 Å². The fraction of sp³-hybridized carbons (Fsp3) is 0.929. The van der Waals surface area contributed by atoms with Crippen LogP contribution in [0.1, 0.15) is 46.5 Å². The average molecular weight is 238 g/mol. The quantitative estimate of drug-likeness (QED) is 0.788. The lowest BCUT2D eigenvalue weighted by atomic mass is 9.88. The molecule has 0 spiro atoms. The molecule has 0 aliphatic heterocycles. The van der Waals surface area contributed by atoms with Crippen molar-refractivity contribution in [2.75, 3.05) is 13.6 Å². The maximum absolute atomic E-state index is 12.0. The summed E-state index contributed by atoms with van der Waals surface area (Å²) in [6.07, 6.45) is 5.58. The molecular weight excluding hydrogens is 212 g/mol. The van der Waals surface area contributed by atoms with Gasteiger partial charge in [-0.2, -0.15) is 0 Å². The van der Waals surface area contributed by atoms with E-state index in [1.54, 1.807) is 0 Å². The van der Waals surface area contributed by atoms with Gasteiger partial charge in [0.2, 0.25) is 0 Å². The molecule has 98 valence electrons. The predicted octanol–water partition coefficient (Wildman–Crippen LogP) is 2.86. The Labute approximate surface area is 105 Å². The topological polar surface area (TPSA) is 32.3 Å². The van der Waals surface area contributed by atoms with Crippen LogP contribution in [0.3, 0.4) is 0 Å². The Morgan fingerprint density at radius 2 is 2.00 bits per heavy atom. The van der Waals surface area contributed by atoms with E-state index in [-0.39, 0.29) is 11.6 Å². The summed E-state index contributed by atoms with van der Waals surface area (Å²) >= 11 is 0. The minimum absolute atomic E-state index is 0.0697. The summed E-state index contributed by atoms with van der Waals surface area (Å²) < 4.78 is 0. The lowest BCUT2D eigenvalue weighted by Crippen LogP contribution is -2.48. The zero-order chi connectivity index (χ0) is 12.6. The van der Waals surface area contributed by atoms with Crippen LogP contribution in [-0.4, -0.2) is 30.1 Å². The predicted molar refractivity (Wildman–Crippen MR) is 69.9 cm³/mol. The molecule has 2 aliphatic carbocycles. The number of urea groups is 1. The van der Waals surface area contributed by atoms with Crippen LogP contribution in [0.2, 0.25) is 0 Å². The van der Waals surface area contributed by atoms with E-state index < -0.39 is 0 Å². The van der Waals surface area contributed by atoms with Crippen molar-refractivity contribution in [1.82, 2.24) is 10.2 Å². The van der Waals surface area contributed by atoms with Crippen LogP contribution in [-0.2, 0) is 0 Å². The van der Waals surface area contributed by atoms with Crippen molar-refractivity contribution >= 4 is 6.03 Å². The molecular formula is C14H26N2O. The summed E-state index contributed by atoms with van der Waals surface area (Å²) in [5, 5.41) is 3.02. The van der Waals surface area contributed by atoms with Gasteiger partial charge in [0.1, 0.15) is 0 Å². The van der Waals surface area contributed by atoms with Crippen LogP contribution in [0.15, 0.2) is 0 Å². The van der Waals surface area contributed by atoms with Crippen LogP contribution in [0.4, 0.5) is 4.79 Å². The monoisotopic (exact) mass is 238 g/mol. The van der Waals surface area contributed by atoms with Crippen LogP contribution < -0.4 is 5.32 Å². The van der Waals surface area contributed by atoms with Crippen LogP contribution in [0, 0.1) is 17.8 Å². The van der Waals surface area contributed by atoms with Gasteiger partial charge in [-0.25, -0.2) is 4.79 Å². The number of fused-ring (bicyclic) bond motifs is 2. The second-order valence-electron chi connectivity index (χ2n) is 7.00. The first-order valence-electron chi connectivity index (χ1n) is 6.88. The molecule has 2 bridgehead atoms. The first-order valence-corrected chi connectivity index (χ1v) is 6.88. The zero-order valence-electron chi connectivity index (χ0n) is 11.6. The van der Waals surface area contributed by atoms with E-state index in [1.165, 1.54) is 25.7 Å². The van der Waals surface area contributed by atoms with E-state index in [4.69, 9.17) is 0 Å². The minimum atomic E-state index is -0.139. The van der Waals surface area contributed by atoms with Crippen molar-refractivity contribution in [3.05, 3.63) is 0 Å². The second kappa shape index (κ2) is 4.51. The number of hydrogen-bond donors (Lipinski definition) is 1. The largest absolute Gasteiger partial charge is 0.333 e. The van der Waals surface area contributed by atoms with Crippen molar-refractivity contribution in [1.29, 1.82) is 0 Å². The molecule has 0 aromatic heterocycles. The third-order valence-electron chi connectivity index (χ3n) is 4.22. The van der Waals surface area contributed by atoms with Crippen LogP contribution in [0.5, 0.6) is 0 Å². The summed E-state index contributed by atoms with van der Waals surface area (Å²) in [5.74, 6) is 2.61. The Bertz CT molecular complexity index is 295. The Morgan fingerprint density at radius 1 is 1.29 bits per heavy atom. The Balaban J connectivity index is 1.81. The number of hydrogen-bond acceptors (Lipinski definition) is 1. The molecule has 0 saturated heterocycles. The fourth-order valence-corrected chi connectivity index (χ4v) is 3.45. The van der Waals surface area contributed by atoms with Crippen molar-refractivity contribution in [3.63, 3.8) is 0 Å². The molecule has 17 heavy (non-hydrogen) atoms. The third kappa shape index (κ3) is 3.14. The first-order chi connectivity index (χ1) is 7.85. The number of amides is 2. The molecule has 2 rings (SSSR count). The summed E-state index contributed by atoms with van der Waals surface area (Å²) in [5.41, 5.74) is -0.139. The van der Waals surface area contributed by atoms with Gasteiger partial charge in [-0.05, 0) is 57.8 Å². The molecule has 3 heteroatoms. The van der Waals surface area contributed by atoms with Crippen molar-refractivity contribution in [2.24, 2.45) is 17.8 Å². The van der Waals surface area contributed by atoms with Gasteiger partial charge in [0.25, 0.3) is 0 Å². The molecule has 3 unspecified atom stereocenters. The number of rotatable bonds is 2. The highest BCUT2D eigenvalue weighted by molar-refractivity contribution is 5.74. The van der Waals surface area contributed by atoms with E-state index in [9.17, 15) is 4.79 Å². The summed E-state index contributed by atoms with van der Waals surface area (Å²) in [6, 6.07) is 0.0697. The number of nitrogens with one attached hydrogen (secondary N) is 1. The van der Waals surface area contributed by atoms with Gasteiger partial charge in [0, 0.05) is 19.1 Å². The normalized spacial score (nSPS) is 31.6. The standard InChI is InChI=1S/C14H26N2O/c1-14(2,3)15-13(17)16(4)9-12-8-10-5-6-11(12)7-10/h10-12H,5-9H2,1-4H3,(H,15,17). The lowest BCUT2D eigenvalue weighted by Gasteiger charge is -2.30. The molecule has 0 aromatic carbocycles. The van der Waals surface area contributed by atoms with E-state index >= 15 is 0 Å². The van der Waals surface area contributed by atoms with Crippen molar-refractivity contribution in [3.8, 4) is 0 Å². The highest BCUT2D eigenvalue weighted by atomic mass is 16.2. The Kier molecular flexibility index (Phi) is 3.37. The van der Waals surface area contributed by atoms with Gasteiger partial charge >= 0.3 is 6.03 Å². The number of carbonyl (C=O) groups excluding carboxylic acids is 1. The second-order valence-corrected chi connectivity index (χ2v) is 7.00. The smallest absolute Gasteiger partial charge is 0.317 e. The molecule has 2 amide bonds. The fourth-order valence-electron chi connectivity index (χ4n) is 3.45. The molecule has 0 radical (unpaired) electrons. The zero-order valence-corrected chi connectivity index (χ0v) is 11.6. The number of nitrogens with zero attached hydrogens (tertiary/aromatic N) is 1. The molecule has 3 atom stereocenters. The van der Waals surface area contributed by atoms with E-state index in [2.05, 4.69) is 5.32 Å². The lowest BCUT2D eigenvalue weighted by molar-refractivity contribution is 0.180.